The van der Waals surface area contributed by atoms with Crippen molar-refractivity contribution >= 4 is 47.1 Å². The van der Waals surface area contributed by atoms with Crippen LogP contribution in [0.3, 0.4) is 0 Å². The van der Waals surface area contributed by atoms with Crippen molar-refractivity contribution < 1.29 is 43.5 Å². The monoisotopic (exact) mass is 417 g/mol. The lowest BCUT2D eigenvalue weighted by molar-refractivity contribution is -0.139. The second kappa shape index (κ2) is 9.12. The number of carbonyl (C=O) groups excluding carboxylic acids is 7. The Morgan fingerprint density at radius 3 is 1.10 bits per heavy atom. The minimum atomic E-state index is -2.21. The van der Waals surface area contributed by atoms with E-state index in [0.717, 1.165) is 34.6 Å². The van der Waals surface area contributed by atoms with Crippen molar-refractivity contribution in [3.8, 4) is 0 Å². The fourth-order valence-electron chi connectivity index (χ4n) is 3.23. The van der Waals surface area contributed by atoms with Crippen LogP contribution in [0.25, 0.3) is 0 Å². The van der Waals surface area contributed by atoms with Crippen LogP contribution in [-0.4, -0.2) is 58.2 Å². The normalized spacial score (nSPS) is 11.2. The number of benzene rings is 1. The number of carboxylic acid groups (broad SMARTS) is 1. The molecule has 0 heterocycles. The molecule has 30 heavy (non-hydrogen) atoms. The van der Waals surface area contributed by atoms with Crippen molar-refractivity contribution in [2.75, 3.05) is 0 Å². The summed E-state index contributed by atoms with van der Waals surface area (Å²) in [5.74, 6) is -7.56. The van der Waals surface area contributed by atoms with Crippen molar-refractivity contribution in [2.24, 2.45) is 0 Å². The smallest absolute Gasteiger partial charge is 0.334 e. The van der Waals surface area contributed by atoms with E-state index in [1.54, 1.807) is 5.32 Å². The van der Waals surface area contributed by atoms with Gasteiger partial charge in [0.25, 0.3) is 0 Å². The number of ketones is 6. The Balaban J connectivity index is 4.49. The molecule has 1 aromatic rings. The SMILES string of the molecule is CC(=O)c1c(C(C)=O)c(C(C)=O)c(C(=O)C(NC=O)C(=O)O)c(C(C)=O)c1C(C)=O. The Morgan fingerprint density at radius 1 is 0.633 bits per heavy atom. The van der Waals surface area contributed by atoms with E-state index in [1.165, 1.54) is 0 Å². The summed E-state index contributed by atoms with van der Waals surface area (Å²) >= 11 is 0. The molecule has 1 atom stereocenters. The summed E-state index contributed by atoms with van der Waals surface area (Å²) in [6.45, 7) is 4.87. The first-order valence-electron chi connectivity index (χ1n) is 8.54. The maximum Gasteiger partial charge on any atom is 0.334 e. The second-order valence-corrected chi connectivity index (χ2v) is 6.45. The molecule has 1 amide bonds. The first kappa shape index (κ1) is 24.2. The maximum atomic E-state index is 13.0. The largest absolute Gasteiger partial charge is 0.479 e. The van der Waals surface area contributed by atoms with E-state index >= 15 is 0 Å². The number of rotatable bonds is 10. The number of hydrogen-bond donors (Lipinski definition) is 2. The second-order valence-electron chi connectivity index (χ2n) is 6.45. The summed E-state index contributed by atoms with van der Waals surface area (Å²) in [4.78, 5) is 97.2. The van der Waals surface area contributed by atoms with Gasteiger partial charge in [-0.1, -0.05) is 0 Å². The zero-order valence-electron chi connectivity index (χ0n) is 16.9. The molecule has 0 aliphatic carbocycles. The summed E-state index contributed by atoms with van der Waals surface area (Å²) in [6.07, 6.45) is -0.0702. The van der Waals surface area contributed by atoms with Gasteiger partial charge < -0.3 is 10.4 Å². The number of carbonyl (C=O) groups is 8. The summed E-state index contributed by atoms with van der Waals surface area (Å²) < 4.78 is 0. The third-order valence-electron chi connectivity index (χ3n) is 4.25. The molecule has 0 spiro atoms. The number of hydrogen-bond acceptors (Lipinski definition) is 8. The van der Waals surface area contributed by atoms with Gasteiger partial charge in [-0.05, 0) is 34.6 Å². The highest BCUT2D eigenvalue weighted by molar-refractivity contribution is 6.29. The minimum absolute atomic E-state index is 0.0702. The highest BCUT2D eigenvalue weighted by atomic mass is 16.4. The van der Waals surface area contributed by atoms with Crippen LogP contribution in [0, 0.1) is 0 Å². The summed E-state index contributed by atoms with van der Waals surface area (Å²) in [7, 11) is 0. The first-order chi connectivity index (χ1) is 13.8. The highest BCUT2D eigenvalue weighted by Gasteiger charge is 2.39. The van der Waals surface area contributed by atoms with Crippen LogP contribution in [0.1, 0.15) is 96.8 Å². The molecule has 0 aromatic heterocycles. The predicted molar refractivity (Wildman–Crippen MR) is 101 cm³/mol. The van der Waals surface area contributed by atoms with Gasteiger partial charge in [0, 0.05) is 33.4 Å². The lowest BCUT2D eigenvalue weighted by Crippen LogP contribution is -2.44. The average molecular weight is 417 g/mol. The third-order valence-corrected chi connectivity index (χ3v) is 4.25. The standard InChI is InChI=1S/C20H19NO9/c1-7(23)12-13(8(2)24)15(10(4)26)17(16(11(5)27)14(12)9(3)25)19(28)18(20(29)30)21-6-22/h6,18H,1-5H3,(H,21,22)(H,29,30). The van der Waals surface area contributed by atoms with Gasteiger partial charge in [-0.15, -0.1) is 0 Å². The Hall–Kier alpha value is -3.82. The highest BCUT2D eigenvalue weighted by Crippen LogP contribution is 2.32. The number of nitrogens with one attached hydrogen (secondary N) is 1. The van der Waals surface area contributed by atoms with E-state index in [9.17, 15) is 43.5 Å². The van der Waals surface area contributed by atoms with Gasteiger partial charge in [0.15, 0.2) is 40.7 Å². The molecule has 0 saturated carbocycles. The molecule has 0 aliphatic rings. The van der Waals surface area contributed by atoms with Crippen molar-refractivity contribution in [1.29, 1.82) is 0 Å². The molecule has 0 bridgehead atoms. The Kier molecular flexibility index (Phi) is 7.36. The molecule has 0 radical (unpaired) electrons. The molecule has 1 aromatic carbocycles. The van der Waals surface area contributed by atoms with Gasteiger partial charge in [-0.2, -0.15) is 0 Å². The molecule has 1 unspecified atom stereocenters. The van der Waals surface area contributed by atoms with E-state index < -0.39 is 80.1 Å². The van der Waals surface area contributed by atoms with E-state index in [1.807, 2.05) is 0 Å². The molecule has 0 aliphatic heterocycles. The average Bonchev–Trinajstić information content (AvgIpc) is 2.61. The maximum absolute atomic E-state index is 13.0. The summed E-state index contributed by atoms with van der Waals surface area (Å²) in [5, 5.41) is 11.1. The predicted octanol–water partition coefficient (Wildman–Crippen LogP) is 1.08. The molecule has 158 valence electrons. The molecule has 0 fully saturated rings. The van der Waals surface area contributed by atoms with Crippen LogP contribution >= 0.6 is 0 Å². The molecular formula is C20H19NO9. The number of amides is 1. The zero-order chi connectivity index (χ0) is 23.5. The van der Waals surface area contributed by atoms with Crippen molar-refractivity contribution in [3.63, 3.8) is 0 Å². The molecule has 10 heteroatoms. The van der Waals surface area contributed by atoms with Crippen molar-refractivity contribution in [1.82, 2.24) is 5.32 Å². The fraction of sp³-hybridized carbons (Fsp3) is 0.300. The Bertz CT molecular complexity index is 980. The number of aliphatic carboxylic acids is 1. The van der Waals surface area contributed by atoms with Crippen molar-refractivity contribution in [3.05, 3.63) is 33.4 Å². The lowest BCUT2D eigenvalue weighted by atomic mass is 9.78. The van der Waals surface area contributed by atoms with Crippen LogP contribution in [-0.2, 0) is 9.59 Å². The van der Waals surface area contributed by atoms with Gasteiger partial charge in [-0.25, -0.2) is 4.79 Å². The molecular weight excluding hydrogens is 398 g/mol. The fourth-order valence-corrected chi connectivity index (χ4v) is 3.23. The molecule has 2 N–H and O–H groups in total. The Labute approximate surface area is 170 Å². The molecule has 0 saturated heterocycles. The zero-order valence-corrected chi connectivity index (χ0v) is 16.9. The van der Waals surface area contributed by atoms with Crippen LogP contribution < -0.4 is 5.32 Å². The van der Waals surface area contributed by atoms with Crippen LogP contribution in [0.2, 0.25) is 0 Å². The minimum Gasteiger partial charge on any atom is -0.479 e. The topological polar surface area (TPSA) is 169 Å². The number of carboxylic acids is 1. The van der Waals surface area contributed by atoms with Crippen molar-refractivity contribution in [2.45, 2.75) is 40.7 Å². The van der Waals surface area contributed by atoms with Crippen LogP contribution in [0.15, 0.2) is 0 Å². The van der Waals surface area contributed by atoms with E-state index in [4.69, 9.17) is 0 Å². The van der Waals surface area contributed by atoms with E-state index in [0.29, 0.717) is 0 Å². The van der Waals surface area contributed by atoms with Gasteiger partial charge in [-0.3, -0.25) is 33.6 Å². The Morgan fingerprint density at radius 2 is 0.900 bits per heavy atom. The van der Waals surface area contributed by atoms with E-state index in [-0.39, 0.29) is 6.41 Å². The molecule has 10 nitrogen and oxygen atoms in total. The number of Topliss-reactive ketones (excluding diaryl/α,β-unsaturated/α-hetero) is 6. The van der Waals surface area contributed by atoms with Gasteiger partial charge >= 0.3 is 5.97 Å². The summed E-state index contributed by atoms with van der Waals surface area (Å²) in [6, 6.07) is -2.21. The third kappa shape index (κ3) is 4.27. The van der Waals surface area contributed by atoms with Crippen LogP contribution in [0.5, 0.6) is 0 Å². The first-order valence-corrected chi connectivity index (χ1v) is 8.54. The van der Waals surface area contributed by atoms with Crippen LogP contribution in [0.4, 0.5) is 0 Å². The van der Waals surface area contributed by atoms with Gasteiger partial charge in [0.05, 0.1) is 0 Å². The quantitative estimate of drug-likeness (QED) is 0.321. The van der Waals surface area contributed by atoms with E-state index in [2.05, 4.69) is 0 Å². The lowest BCUT2D eigenvalue weighted by Gasteiger charge is -2.22. The summed E-state index contributed by atoms with van der Waals surface area (Å²) in [5.41, 5.74) is -3.76. The van der Waals surface area contributed by atoms with Gasteiger partial charge in [0.2, 0.25) is 6.41 Å². The molecule has 1 rings (SSSR count). The van der Waals surface area contributed by atoms with Gasteiger partial charge in [0.1, 0.15) is 0 Å².